The number of benzene rings is 1. The Hall–Kier alpha value is -2.66. The summed E-state index contributed by atoms with van der Waals surface area (Å²) in [6.45, 7) is 0.547. The Bertz CT molecular complexity index is 890. The van der Waals surface area contributed by atoms with Gasteiger partial charge in [-0.3, -0.25) is 9.78 Å². The van der Waals surface area contributed by atoms with Crippen LogP contribution in [0.5, 0.6) is 0 Å². The molecular formula is C19H16ClN3O2. The van der Waals surface area contributed by atoms with E-state index in [0.717, 1.165) is 24.0 Å². The lowest BCUT2D eigenvalue weighted by Gasteiger charge is -2.21. The maximum atomic E-state index is 12.9. The summed E-state index contributed by atoms with van der Waals surface area (Å²) < 4.78 is 5.36. The number of carbonyl (C=O) groups is 1. The molecule has 0 atom stereocenters. The van der Waals surface area contributed by atoms with Crippen molar-refractivity contribution in [3.63, 3.8) is 0 Å². The zero-order valence-electron chi connectivity index (χ0n) is 13.4. The minimum absolute atomic E-state index is 0.114. The summed E-state index contributed by atoms with van der Waals surface area (Å²) >= 11 is 6.01. The molecule has 2 heterocycles. The van der Waals surface area contributed by atoms with Crippen molar-refractivity contribution in [3.8, 4) is 11.3 Å². The molecule has 0 unspecified atom stereocenters. The SMILES string of the molecule is O=C(c1cc(-c2cccc(Cl)c2)on1)N(Cc1ccncc1)C1CC1. The van der Waals surface area contributed by atoms with Gasteiger partial charge in [0.05, 0.1) is 0 Å². The molecule has 0 N–H and O–H groups in total. The number of carbonyl (C=O) groups excluding carboxylic acids is 1. The smallest absolute Gasteiger partial charge is 0.276 e. The lowest BCUT2D eigenvalue weighted by Crippen LogP contribution is -2.32. The van der Waals surface area contributed by atoms with Crippen molar-refractivity contribution in [2.24, 2.45) is 0 Å². The van der Waals surface area contributed by atoms with Gasteiger partial charge in [0, 0.05) is 41.6 Å². The normalized spacial score (nSPS) is 13.6. The fourth-order valence-electron chi connectivity index (χ4n) is 2.74. The number of aromatic nitrogens is 2. The second kappa shape index (κ2) is 6.69. The third kappa shape index (κ3) is 3.56. The number of pyridine rings is 1. The number of amides is 1. The first-order valence-electron chi connectivity index (χ1n) is 8.13. The highest BCUT2D eigenvalue weighted by molar-refractivity contribution is 6.30. The molecule has 1 fully saturated rings. The Labute approximate surface area is 150 Å². The topological polar surface area (TPSA) is 59.2 Å². The van der Waals surface area contributed by atoms with Gasteiger partial charge in [0.15, 0.2) is 11.5 Å². The second-order valence-electron chi connectivity index (χ2n) is 6.11. The van der Waals surface area contributed by atoms with Gasteiger partial charge in [-0.25, -0.2) is 0 Å². The van der Waals surface area contributed by atoms with E-state index < -0.39 is 0 Å². The lowest BCUT2D eigenvalue weighted by atomic mass is 10.1. The number of nitrogens with zero attached hydrogens (tertiary/aromatic N) is 3. The molecule has 3 aromatic rings. The standard InChI is InChI=1S/C19H16ClN3O2/c20-15-3-1-2-14(10-15)18-11-17(22-25-18)19(24)23(16-4-5-16)12-13-6-8-21-9-7-13/h1-3,6-11,16H,4-5,12H2. The van der Waals surface area contributed by atoms with Gasteiger partial charge >= 0.3 is 0 Å². The maximum Gasteiger partial charge on any atom is 0.276 e. The van der Waals surface area contributed by atoms with E-state index in [0.29, 0.717) is 23.0 Å². The summed E-state index contributed by atoms with van der Waals surface area (Å²) in [6.07, 6.45) is 5.52. The van der Waals surface area contributed by atoms with Crippen LogP contribution in [0.4, 0.5) is 0 Å². The Morgan fingerprint density at radius 1 is 1.20 bits per heavy atom. The molecule has 0 aliphatic heterocycles. The van der Waals surface area contributed by atoms with Crippen LogP contribution in [-0.4, -0.2) is 27.0 Å². The molecule has 6 heteroatoms. The largest absolute Gasteiger partial charge is 0.355 e. The summed E-state index contributed by atoms with van der Waals surface area (Å²) in [6, 6.07) is 13.1. The van der Waals surface area contributed by atoms with Gasteiger partial charge in [-0.15, -0.1) is 0 Å². The van der Waals surface area contributed by atoms with Crippen molar-refractivity contribution in [2.75, 3.05) is 0 Å². The predicted octanol–water partition coefficient (Wildman–Crippen LogP) is 4.19. The van der Waals surface area contributed by atoms with Crippen LogP contribution in [0.15, 0.2) is 59.4 Å². The molecule has 126 valence electrons. The van der Waals surface area contributed by atoms with Crippen LogP contribution in [0, 0.1) is 0 Å². The van der Waals surface area contributed by atoms with Crippen molar-refractivity contribution < 1.29 is 9.32 Å². The maximum absolute atomic E-state index is 12.9. The van der Waals surface area contributed by atoms with E-state index in [1.54, 1.807) is 30.6 Å². The molecule has 1 aromatic carbocycles. The number of rotatable bonds is 5. The molecule has 0 saturated heterocycles. The monoisotopic (exact) mass is 353 g/mol. The van der Waals surface area contributed by atoms with Gasteiger partial charge in [0.1, 0.15) is 0 Å². The number of halogens is 1. The molecule has 1 aliphatic rings. The Morgan fingerprint density at radius 2 is 2.00 bits per heavy atom. The van der Waals surface area contributed by atoms with Crippen molar-refractivity contribution in [2.45, 2.75) is 25.4 Å². The fraction of sp³-hybridized carbons (Fsp3) is 0.211. The van der Waals surface area contributed by atoms with E-state index >= 15 is 0 Å². The van der Waals surface area contributed by atoms with Crippen molar-refractivity contribution in [1.29, 1.82) is 0 Å². The first-order chi connectivity index (χ1) is 12.2. The Morgan fingerprint density at radius 3 is 2.72 bits per heavy atom. The van der Waals surface area contributed by atoms with Crippen LogP contribution in [0.1, 0.15) is 28.9 Å². The van der Waals surface area contributed by atoms with Crippen LogP contribution in [0.3, 0.4) is 0 Å². The van der Waals surface area contributed by atoms with E-state index in [-0.39, 0.29) is 11.9 Å². The minimum atomic E-state index is -0.114. The third-order valence-corrected chi connectivity index (χ3v) is 4.42. The number of hydrogen-bond donors (Lipinski definition) is 0. The van der Waals surface area contributed by atoms with Gasteiger partial charge in [-0.1, -0.05) is 28.9 Å². The van der Waals surface area contributed by atoms with Crippen LogP contribution in [0.2, 0.25) is 5.02 Å². The van der Waals surface area contributed by atoms with Gasteiger partial charge in [-0.2, -0.15) is 0 Å². The zero-order valence-corrected chi connectivity index (χ0v) is 14.2. The van der Waals surface area contributed by atoms with E-state index in [1.807, 2.05) is 29.2 Å². The molecular weight excluding hydrogens is 338 g/mol. The van der Waals surface area contributed by atoms with E-state index in [9.17, 15) is 4.79 Å². The highest BCUT2D eigenvalue weighted by Crippen LogP contribution is 2.30. The second-order valence-corrected chi connectivity index (χ2v) is 6.54. The van der Waals surface area contributed by atoms with Crippen molar-refractivity contribution in [1.82, 2.24) is 15.0 Å². The summed E-state index contributed by atoms with van der Waals surface area (Å²) in [5.74, 6) is 0.418. The molecule has 1 amide bonds. The lowest BCUT2D eigenvalue weighted by molar-refractivity contribution is 0.0719. The molecule has 25 heavy (non-hydrogen) atoms. The first kappa shape index (κ1) is 15.8. The average Bonchev–Trinajstić information content (AvgIpc) is 3.35. The van der Waals surface area contributed by atoms with E-state index in [1.165, 1.54) is 0 Å². The highest BCUT2D eigenvalue weighted by Gasteiger charge is 2.34. The van der Waals surface area contributed by atoms with Crippen LogP contribution in [-0.2, 0) is 6.54 Å². The fourth-order valence-corrected chi connectivity index (χ4v) is 2.93. The summed E-state index contributed by atoms with van der Waals surface area (Å²) in [7, 11) is 0. The number of hydrogen-bond acceptors (Lipinski definition) is 4. The van der Waals surface area contributed by atoms with Crippen LogP contribution in [0.25, 0.3) is 11.3 Å². The van der Waals surface area contributed by atoms with E-state index in [4.69, 9.17) is 16.1 Å². The Kier molecular flexibility index (Phi) is 4.24. The van der Waals surface area contributed by atoms with Gasteiger partial charge < -0.3 is 9.42 Å². The quantitative estimate of drug-likeness (QED) is 0.690. The molecule has 2 aromatic heterocycles. The first-order valence-corrected chi connectivity index (χ1v) is 8.51. The summed E-state index contributed by atoms with van der Waals surface area (Å²) in [4.78, 5) is 18.8. The molecule has 0 spiro atoms. The highest BCUT2D eigenvalue weighted by atomic mass is 35.5. The Balaban J connectivity index is 1.57. The average molecular weight is 354 g/mol. The van der Waals surface area contributed by atoms with Crippen LogP contribution < -0.4 is 0 Å². The molecule has 1 aliphatic carbocycles. The summed E-state index contributed by atoms with van der Waals surface area (Å²) in [5.41, 5.74) is 2.16. The van der Waals surface area contributed by atoms with Crippen molar-refractivity contribution in [3.05, 3.63) is 71.1 Å². The zero-order chi connectivity index (χ0) is 17.2. The minimum Gasteiger partial charge on any atom is -0.355 e. The van der Waals surface area contributed by atoms with E-state index in [2.05, 4.69) is 10.1 Å². The predicted molar refractivity (Wildman–Crippen MR) is 94.1 cm³/mol. The molecule has 5 nitrogen and oxygen atoms in total. The summed E-state index contributed by atoms with van der Waals surface area (Å²) in [5, 5.41) is 4.58. The van der Waals surface area contributed by atoms with Crippen molar-refractivity contribution >= 4 is 17.5 Å². The van der Waals surface area contributed by atoms with Gasteiger partial charge in [-0.05, 0) is 42.7 Å². The van der Waals surface area contributed by atoms with Crippen LogP contribution >= 0.6 is 11.6 Å². The molecule has 0 radical (unpaired) electrons. The molecule has 1 saturated carbocycles. The van der Waals surface area contributed by atoms with Gasteiger partial charge in [0.2, 0.25) is 0 Å². The van der Waals surface area contributed by atoms with Gasteiger partial charge in [0.25, 0.3) is 5.91 Å². The molecule has 0 bridgehead atoms. The molecule has 4 rings (SSSR count). The third-order valence-electron chi connectivity index (χ3n) is 4.19.